The molecule has 2 N–H and O–H groups in total. The first-order valence-corrected chi connectivity index (χ1v) is 8.61. The molecule has 0 unspecified atom stereocenters. The van der Waals surface area contributed by atoms with Crippen molar-refractivity contribution >= 4 is 17.8 Å². The zero-order valence-corrected chi connectivity index (χ0v) is 14.5. The standard InChI is InChI=1S/C19H20ClFN2O2/c20-17-9-15(11-22-25)19(24)16(10-17)12-23-7-5-14(6-8-23)13-1-3-18(21)4-2-13/h1-4,9-11,14,24-25H,5-8,12H2/b22-11+. The molecule has 2 aromatic carbocycles. The van der Waals surface area contributed by atoms with E-state index in [0.29, 0.717) is 28.6 Å². The quantitative estimate of drug-likeness (QED) is 0.482. The third-order valence-electron chi connectivity index (χ3n) is 4.70. The highest BCUT2D eigenvalue weighted by atomic mass is 35.5. The molecule has 1 aliphatic rings. The molecule has 0 aliphatic carbocycles. The number of aromatic hydroxyl groups is 1. The van der Waals surface area contributed by atoms with Crippen LogP contribution in [-0.4, -0.2) is 34.5 Å². The van der Waals surface area contributed by atoms with Crippen molar-refractivity contribution in [3.63, 3.8) is 0 Å². The van der Waals surface area contributed by atoms with Crippen LogP contribution in [0, 0.1) is 5.82 Å². The molecule has 0 atom stereocenters. The maximum Gasteiger partial charge on any atom is 0.129 e. The van der Waals surface area contributed by atoms with Gasteiger partial charge in [-0.25, -0.2) is 4.39 Å². The van der Waals surface area contributed by atoms with Gasteiger partial charge in [-0.3, -0.25) is 4.90 Å². The second kappa shape index (κ2) is 7.85. The van der Waals surface area contributed by atoms with Gasteiger partial charge in [-0.15, -0.1) is 0 Å². The average molecular weight is 363 g/mol. The molecule has 2 aromatic rings. The van der Waals surface area contributed by atoms with Crippen LogP contribution in [0.25, 0.3) is 0 Å². The Morgan fingerprint density at radius 1 is 1.20 bits per heavy atom. The lowest BCUT2D eigenvalue weighted by atomic mass is 9.89. The summed E-state index contributed by atoms with van der Waals surface area (Å²) in [5, 5.41) is 22.4. The molecule has 0 spiro atoms. The summed E-state index contributed by atoms with van der Waals surface area (Å²) >= 11 is 6.09. The van der Waals surface area contributed by atoms with Crippen LogP contribution >= 0.6 is 11.6 Å². The minimum absolute atomic E-state index is 0.0860. The first-order valence-electron chi connectivity index (χ1n) is 8.23. The van der Waals surface area contributed by atoms with Gasteiger partial charge in [0.15, 0.2) is 0 Å². The molecule has 6 heteroatoms. The van der Waals surface area contributed by atoms with Gasteiger partial charge < -0.3 is 10.3 Å². The third kappa shape index (κ3) is 4.30. The van der Waals surface area contributed by atoms with Crippen molar-refractivity contribution in [3.8, 4) is 5.75 Å². The molecule has 0 amide bonds. The van der Waals surface area contributed by atoms with E-state index >= 15 is 0 Å². The van der Waals surface area contributed by atoms with Gasteiger partial charge in [-0.05, 0) is 61.7 Å². The zero-order valence-electron chi connectivity index (χ0n) is 13.7. The molecule has 1 fully saturated rings. The average Bonchev–Trinajstić information content (AvgIpc) is 2.61. The Morgan fingerprint density at radius 2 is 1.88 bits per heavy atom. The lowest BCUT2D eigenvalue weighted by Gasteiger charge is -2.32. The van der Waals surface area contributed by atoms with Gasteiger partial charge in [-0.1, -0.05) is 28.9 Å². The Kier molecular flexibility index (Phi) is 5.56. The summed E-state index contributed by atoms with van der Waals surface area (Å²) in [6.07, 6.45) is 3.14. The van der Waals surface area contributed by atoms with Crippen LogP contribution in [0.1, 0.15) is 35.4 Å². The summed E-state index contributed by atoms with van der Waals surface area (Å²) in [6.45, 7) is 2.35. The molecular weight excluding hydrogens is 343 g/mol. The monoisotopic (exact) mass is 362 g/mol. The minimum atomic E-state index is -0.208. The number of piperidine rings is 1. The van der Waals surface area contributed by atoms with Crippen molar-refractivity contribution < 1.29 is 14.7 Å². The fourth-order valence-corrected chi connectivity index (χ4v) is 3.61. The van der Waals surface area contributed by atoms with Gasteiger partial charge >= 0.3 is 0 Å². The highest BCUT2D eigenvalue weighted by Crippen LogP contribution is 2.31. The Hall–Kier alpha value is -2.11. The summed E-state index contributed by atoms with van der Waals surface area (Å²) in [4.78, 5) is 2.26. The molecule has 0 aromatic heterocycles. The predicted octanol–water partition coefficient (Wildman–Crippen LogP) is 4.37. The Morgan fingerprint density at radius 3 is 2.52 bits per heavy atom. The van der Waals surface area contributed by atoms with Gasteiger partial charge in [0.25, 0.3) is 0 Å². The molecule has 4 nitrogen and oxygen atoms in total. The fourth-order valence-electron chi connectivity index (χ4n) is 3.36. The van der Waals surface area contributed by atoms with Crippen LogP contribution in [0.4, 0.5) is 4.39 Å². The van der Waals surface area contributed by atoms with Crippen LogP contribution in [0.2, 0.25) is 5.02 Å². The van der Waals surface area contributed by atoms with E-state index in [-0.39, 0.29) is 11.6 Å². The summed E-state index contributed by atoms with van der Waals surface area (Å²) in [7, 11) is 0. The van der Waals surface area contributed by atoms with Crippen LogP contribution in [0.15, 0.2) is 41.6 Å². The normalized spacial score (nSPS) is 16.6. The van der Waals surface area contributed by atoms with Crippen molar-refractivity contribution in [1.82, 2.24) is 4.90 Å². The molecular formula is C19H20ClFN2O2. The van der Waals surface area contributed by atoms with E-state index in [1.165, 1.54) is 23.9 Å². The lowest BCUT2D eigenvalue weighted by molar-refractivity contribution is 0.202. The lowest BCUT2D eigenvalue weighted by Crippen LogP contribution is -2.32. The number of hydrogen-bond donors (Lipinski definition) is 2. The minimum Gasteiger partial charge on any atom is -0.507 e. The summed E-state index contributed by atoms with van der Waals surface area (Å²) in [5.41, 5.74) is 2.28. The van der Waals surface area contributed by atoms with E-state index < -0.39 is 0 Å². The topological polar surface area (TPSA) is 56.1 Å². The highest BCUT2D eigenvalue weighted by molar-refractivity contribution is 6.31. The first-order chi connectivity index (χ1) is 12.1. The number of oxime groups is 1. The zero-order chi connectivity index (χ0) is 17.8. The SMILES string of the molecule is O/N=C/c1cc(Cl)cc(CN2CCC(c3ccc(F)cc3)CC2)c1O. The van der Waals surface area contributed by atoms with E-state index in [2.05, 4.69) is 10.1 Å². The van der Waals surface area contributed by atoms with Crippen LogP contribution < -0.4 is 0 Å². The van der Waals surface area contributed by atoms with Gasteiger partial charge in [0.2, 0.25) is 0 Å². The summed E-state index contributed by atoms with van der Waals surface area (Å²) in [6, 6.07) is 10.0. The number of phenols is 1. The molecule has 1 heterocycles. The summed E-state index contributed by atoms with van der Waals surface area (Å²) in [5.74, 6) is 0.310. The van der Waals surface area contributed by atoms with Crippen molar-refractivity contribution in [3.05, 3.63) is 63.9 Å². The van der Waals surface area contributed by atoms with E-state index in [1.54, 1.807) is 12.1 Å². The van der Waals surface area contributed by atoms with Crippen LogP contribution in [0.5, 0.6) is 5.75 Å². The maximum absolute atomic E-state index is 13.0. The second-order valence-electron chi connectivity index (χ2n) is 6.35. The van der Waals surface area contributed by atoms with Gasteiger partial charge in [-0.2, -0.15) is 0 Å². The summed E-state index contributed by atoms with van der Waals surface area (Å²) < 4.78 is 13.0. The van der Waals surface area contributed by atoms with E-state index in [0.717, 1.165) is 25.9 Å². The van der Waals surface area contributed by atoms with Crippen molar-refractivity contribution in [2.75, 3.05) is 13.1 Å². The third-order valence-corrected chi connectivity index (χ3v) is 4.92. The second-order valence-corrected chi connectivity index (χ2v) is 6.79. The van der Waals surface area contributed by atoms with Crippen LogP contribution in [-0.2, 0) is 6.54 Å². The Bertz CT molecular complexity index is 757. The molecule has 132 valence electrons. The number of rotatable bonds is 4. The Labute approximate surface area is 151 Å². The number of nitrogens with zero attached hydrogens (tertiary/aromatic N) is 2. The molecule has 0 radical (unpaired) electrons. The molecule has 0 saturated carbocycles. The number of likely N-dealkylation sites (tertiary alicyclic amines) is 1. The molecule has 25 heavy (non-hydrogen) atoms. The molecule has 1 aliphatic heterocycles. The smallest absolute Gasteiger partial charge is 0.129 e. The van der Waals surface area contributed by atoms with E-state index in [9.17, 15) is 9.50 Å². The number of hydrogen-bond acceptors (Lipinski definition) is 4. The molecule has 1 saturated heterocycles. The number of phenolic OH excluding ortho intramolecular Hbond substituents is 1. The number of halogens is 2. The predicted molar refractivity (Wildman–Crippen MR) is 96.1 cm³/mol. The van der Waals surface area contributed by atoms with E-state index in [1.807, 2.05) is 12.1 Å². The van der Waals surface area contributed by atoms with Crippen LogP contribution in [0.3, 0.4) is 0 Å². The number of benzene rings is 2. The molecule has 0 bridgehead atoms. The maximum atomic E-state index is 13.0. The fraction of sp³-hybridized carbons (Fsp3) is 0.316. The van der Waals surface area contributed by atoms with E-state index in [4.69, 9.17) is 16.8 Å². The van der Waals surface area contributed by atoms with Gasteiger partial charge in [0, 0.05) is 22.7 Å². The van der Waals surface area contributed by atoms with Crippen molar-refractivity contribution in [1.29, 1.82) is 0 Å². The highest BCUT2D eigenvalue weighted by Gasteiger charge is 2.22. The van der Waals surface area contributed by atoms with Gasteiger partial charge in [0.1, 0.15) is 11.6 Å². The van der Waals surface area contributed by atoms with Gasteiger partial charge in [0.05, 0.1) is 6.21 Å². The molecule has 3 rings (SSSR count). The Balaban J connectivity index is 1.65. The van der Waals surface area contributed by atoms with Crippen molar-refractivity contribution in [2.24, 2.45) is 5.16 Å². The largest absolute Gasteiger partial charge is 0.507 e. The first kappa shape index (κ1) is 17.7. The van der Waals surface area contributed by atoms with Crippen molar-refractivity contribution in [2.45, 2.75) is 25.3 Å².